The maximum atomic E-state index is 12.7. The van der Waals surface area contributed by atoms with Crippen molar-refractivity contribution in [2.24, 2.45) is 0 Å². The molecule has 1 aromatic carbocycles. The average Bonchev–Trinajstić information content (AvgIpc) is 2.48. The molecule has 1 aromatic rings. The van der Waals surface area contributed by atoms with Crippen LogP contribution in [0.25, 0.3) is 0 Å². The Bertz CT molecular complexity index is 560. The van der Waals surface area contributed by atoms with E-state index in [1.54, 1.807) is 19.0 Å². The number of nitrogens with zero attached hydrogens (tertiary/aromatic N) is 2. The number of piperazine rings is 1. The summed E-state index contributed by atoms with van der Waals surface area (Å²) in [4.78, 5) is 28.1. The van der Waals surface area contributed by atoms with Crippen LogP contribution in [0.5, 0.6) is 0 Å². The van der Waals surface area contributed by atoms with Crippen LogP contribution in [0.2, 0.25) is 0 Å². The van der Waals surface area contributed by atoms with E-state index in [2.05, 4.69) is 21.2 Å². The Morgan fingerprint density at radius 3 is 2.71 bits per heavy atom. The number of likely N-dealkylation sites (N-methyl/N-ethyl adjacent to an activating group) is 1. The van der Waals surface area contributed by atoms with Crippen LogP contribution >= 0.6 is 15.9 Å². The lowest BCUT2D eigenvalue weighted by molar-refractivity contribution is -0.134. The SMILES string of the molecule is Cc1ccc(C(=O)N2CCNCC2C(=O)N(C)C)cc1Br. The topological polar surface area (TPSA) is 52.7 Å². The van der Waals surface area contributed by atoms with Gasteiger partial charge in [-0.25, -0.2) is 0 Å². The van der Waals surface area contributed by atoms with E-state index in [0.717, 1.165) is 10.0 Å². The summed E-state index contributed by atoms with van der Waals surface area (Å²) < 4.78 is 0.902. The van der Waals surface area contributed by atoms with Crippen molar-refractivity contribution in [2.75, 3.05) is 33.7 Å². The molecule has 1 heterocycles. The summed E-state index contributed by atoms with van der Waals surface area (Å²) in [6.07, 6.45) is 0. The smallest absolute Gasteiger partial charge is 0.254 e. The second kappa shape index (κ2) is 6.58. The van der Waals surface area contributed by atoms with Gasteiger partial charge < -0.3 is 15.1 Å². The third-order valence-electron chi connectivity index (χ3n) is 3.65. The molecule has 21 heavy (non-hydrogen) atoms. The van der Waals surface area contributed by atoms with E-state index in [-0.39, 0.29) is 11.8 Å². The zero-order valence-corrected chi connectivity index (χ0v) is 14.1. The molecule has 0 spiro atoms. The van der Waals surface area contributed by atoms with Crippen molar-refractivity contribution in [3.05, 3.63) is 33.8 Å². The van der Waals surface area contributed by atoms with Gasteiger partial charge in [-0.3, -0.25) is 9.59 Å². The zero-order chi connectivity index (χ0) is 15.6. The highest BCUT2D eigenvalue weighted by atomic mass is 79.9. The molecule has 114 valence electrons. The lowest BCUT2D eigenvalue weighted by atomic mass is 10.1. The number of nitrogens with one attached hydrogen (secondary N) is 1. The summed E-state index contributed by atoms with van der Waals surface area (Å²) in [5, 5.41) is 3.18. The first-order chi connectivity index (χ1) is 9.91. The first-order valence-corrected chi connectivity index (χ1v) is 7.70. The number of aryl methyl sites for hydroxylation is 1. The van der Waals surface area contributed by atoms with Crippen LogP contribution in [0.3, 0.4) is 0 Å². The number of carbonyl (C=O) groups is 2. The molecule has 1 aliphatic rings. The van der Waals surface area contributed by atoms with Gasteiger partial charge in [-0.15, -0.1) is 0 Å². The van der Waals surface area contributed by atoms with Gasteiger partial charge in [-0.2, -0.15) is 0 Å². The monoisotopic (exact) mass is 353 g/mol. The zero-order valence-electron chi connectivity index (χ0n) is 12.5. The first-order valence-electron chi connectivity index (χ1n) is 6.91. The minimum absolute atomic E-state index is 0.0540. The maximum Gasteiger partial charge on any atom is 0.254 e. The fraction of sp³-hybridized carbons (Fsp3) is 0.467. The number of amides is 2. The molecule has 1 N–H and O–H groups in total. The van der Waals surface area contributed by atoms with Gasteiger partial charge in [-0.05, 0) is 24.6 Å². The third kappa shape index (κ3) is 3.44. The Kier molecular flexibility index (Phi) is 5.00. The van der Waals surface area contributed by atoms with E-state index < -0.39 is 6.04 Å². The summed E-state index contributed by atoms with van der Waals surface area (Å²) in [6.45, 7) is 3.71. The highest BCUT2D eigenvalue weighted by Gasteiger charge is 2.33. The van der Waals surface area contributed by atoms with E-state index in [0.29, 0.717) is 25.2 Å². The van der Waals surface area contributed by atoms with Crippen LogP contribution in [-0.2, 0) is 4.79 Å². The van der Waals surface area contributed by atoms with E-state index in [1.165, 1.54) is 4.90 Å². The summed E-state index contributed by atoms with van der Waals surface area (Å²) in [5.74, 6) is -0.154. The maximum absolute atomic E-state index is 12.7. The molecule has 1 aliphatic heterocycles. The third-order valence-corrected chi connectivity index (χ3v) is 4.50. The molecule has 0 bridgehead atoms. The largest absolute Gasteiger partial charge is 0.347 e. The van der Waals surface area contributed by atoms with Crippen molar-refractivity contribution < 1.29 is 9.59 Å². The molecular weight excluding hydrogens is 334 g/mol. The van der Waals surface area contributed by atoms with Crippen molar-refractivity contribution >= 4 is 27.7 Å². The van der Waals surface area contributed by atoms with Crippen LogP contribution in [0.4, 0.5) is 0 Å². The van der Waals surface area contributed by atoms with Crippen molar-refractivity contribution in [1.29, 1.82) is 0 Å². The number of rotatable bonds is 2. The molecule has 0 aliphatic carbocycles. The minimum Gasteiger partial charge on any atom is -0.347 e. The number of hydrogen-bond acceptors (Lipinski definition) is 3. The summed E-state index contributed by atoms with van der Waals surface area (Å²) >= 11 is 3.45. The van der Waals surface area contributed by atoms with Gasteiger partial charge in [0, 0.05) is 43.8 Å². The van der Waals surface area contributed by atoms with Gasteiger partial charge in [0.15, 0.2) is 0 Å². The molecule has 1 saturated heterocycles. The molecule has 1 fully saturated rings. The van der Waals surface area contributed by atoms with E-state index in [1.807, 2.05) is 25.1 Å². The predicted octanol–water partition coefficient (Wildman–Crippen LogP) is 1.26. The Morgan fingerprint density at radius 2 is 2.10 bits per heavy atom. The average molecular weight is 354 g/mol. The molecule has 5 nitrogen and oxygen atoms in total. The van der Waals surface area contributed by atoms with E-state index in [4.69, 9.17) is 0 Å². The minimum atomic E-state index is -0.443. The van der Waals surface area contributed by atoms with Crippen LogP contribution in [0.1, 0.15) is 15.9 Å². The molecule has 2 rings (SSSR count). The fourth-order valence-corrected chi connectivity index (χ4v) is 2.74. The van der Waals surface area contributed by atoms with Crippen molar-refractivity contribution in [1.82, 2.24) is 15.1 Å². The summed E-state index contributed by atoms with van der Waals surface area (Å²) in [7, 11) is 3.42. The van der Waals surface area contributed by atoms with Crippen molar-refractivity contribution in [3.63, 3.8) is 0 Å². The Labute approximate surface area is 133 Å². The number of hydrogen-bond donors (Lipinski definition) is 1. The van der Waals surface area contributed by atoms with E-state index >= 15 is 0 Å². The van der Waals surface area contributed by atoms with Crippen LogP contribution in [0.15, 0.2) is 22.7 Å². The molecule has 0 saturated carbocycles. The number of halogens is 1. The standard InChI is InChI=1S/C15H20BrN3O2/c1-10-4-5-11(8-12(10)16)14(20)19-7-6-17-9-13(19)15(21)18(2)3/h4-5,8,13,17H,6-7,9H2,1-3H3. The van der Waals surface area contributed by atoms with Gasteiger partial charge in [-0.1, -0.05) is 22.0 Å². The lowest BCUT2D eigenvalue weighted by Gasteiger charge is -2.36. The van der Waals surface area contributed by atoms with Gasteiger partial charge in [0.1, 0.15) is 6.04 Å². The highest BCUT2D eigenvalue weighted by Crippen LogP contribution is 2.20. The van der Waals surface area contributed by atoms with Gasteiger partial charge in [0.05, 0.1) is 0 Å². The molecule has 1 atom stereocenters. The number of carbonyl (C=O) groups excluding carboxylic acids is 2. The number of benzene rings is 1. The highest BCUT2D eigenvalue weighted by molar-refractivity contribution is 9.10. The van der Waals surface area contributed by atoms with Crippen molar-refractivity contribution in [3.8, 4) is 0 Å². The lowest BCUT2D eigenvalue weighted by Crippen LogP contribution is -2.59. The van der Waals surface area contributed by atoms with Gasteiger partial charge >= 0.3 is 0 Å². The second-order valence-electron chi connectivity index (χ2n) is 5.42. The summed E-state index contributed by atoms with van der Waals surface area (Å²) in [6, 6.07) is 5.09. The molecular formula is C15H20BrN3O2. The quantitative estimate of drug-likeness (QED) is 0.870. The Hall–Kier alpha value is -1.40. The fourth-order valence-electron chi connectivity index (χ4n) is 2.36. The first kappa shape index (κ1) is 16.0. The van der Waals surface area contributed by atoms with Crippen LogP contribution in [0, 0.1) is 6.92 Å². The Morgan fingerprint density at radius 1 is 1.38 bits per heavy atom. The van der Waals surface area contributed by atoms with Crippen molar-refractivity contribution in [2.45, 2.75) is 13.0 Å². The predicted molar refractivity (Wildman–Crippen MR) is 85.3 cm³/mol. The molecule has 1 unspecified atom stereocenters. The van der Waals surface area contributed by atoms with Crippen LogP contribution < -0.4 is 5.32 Å². The molecule has 2 amide bonds. The molecule has 0 aromatic heterocycles. The van der Waals surface area contributed by atoms with Gasteiger partial charge in [0.25, 0.3) is 5.91 Å². The molecule has 0 radical (unpaired) electrons. The second-order valence-corrected chi connectivity index (χ2v) is 6.27. The van der Waals surface area contributed by atoms with Gasteiger partial charge in [0.2, 0.25) is 5.91 Å². The Balaban J connectivity index is 2.26. The normalized spacial score (nSPS) is 18.5. The summed E-state index contributed by atoms with van der Waals surface area (Å²) in [5.41, 5.74) is 1.68. The van der Waals surface area contributed by atoms with Crippen LogP contribution in [-0.4, -0.2) is 61.4 Å². The van der Waals surface area contributed by atoms with E-state index in [9.17, 15) is 9.59 Å². The molecule has 6 heteroatoms.